The number of ether oxygens (including phenoxy) is 1. The molecule has 0 amide bonds. The van der Waals surface area contributed by atoms with Crippen LogP contribution in [0.25, 0.3) is 0 Å². The van der Waals surface area contributed by atoms with Crippen molar-refractivity contribution in [2.45, 2.75) is 22.3 Å². The molecule has 0 radical (unpaired) electrons. The first kappa shape index (κ1) is 24.7. The van der Waals surface area contributed by atoms with E-state index in [1.54, 1.807) is 42.5 Å². The molecule has 174 valence electrons. The number of aliphatic hydroxyl groups excluding tert-OH is 1. The highest BCUT2D eigenvalue weighted by molar-refractivity contribution is 7.91. The Morgan fingerprint density at radius 1 is 1.00 bits per heavy atom. The summed E-state index contributed by atoms with van der Waals surface area (Å²) < 4.78 is 30.7. The van der Waals surface area contributed by atoms with E-state index in [1.165, 1.54) is 24.3 Å². The van der Waals surface area contributed by atoms with Gasteiger partial charge >= 0.3 is 5.97 Å². The molecule has 0 aliphatic heterocycles. The molecule has 0 saturated carbocycles. The molecule has 3 aromatic carbocycles. The topological polar surface area (TPSA) is 113 Å². The van der Waals surface area contributed by atoms with Crippen molar-refractivity contribution in [1.29, 1.82) is 0 Å². The maximum atomic E-state index is 12.8. The number of carboxylic acid groups (broad SMARTS) is 1. The second-order valence-corrected chi connectivity index (χ2v) is 9.71. The van der Waals surface area contributed by atoms with Crippen molar-refractivity contribution in [2.24, 2.45) is 0 Å². The SMILES string of the molecule is O=C(O)COc1ccc(S(=O)(=O)c2ccc(CCNCC(O)c3cccc(Cl)c3)cc2)cc1. The standard InChI is InChI=1S/C24H24ClNO6S/c25-19-3-1-2-18(14-19)23(27)15-26-13-12-17-4-8-21(9-5-17)33(30,31)22-10-6-20(7-11-22)32-16-24(28)29/h1-11,14,23,26-27H,12-13,15-16H2,(H,28,29). The fourth-order valence-electron chi connectivity index (χ4n) is 3.13. The lowest BCUT2D eigenvalue weighted by Crippen LogP contribution is -2.23. The van der Waals surface area contributed by atoms with Crippen molar-refractivity contribution < 1.29 is 28.2 Å². The third-order valence-electron chi connectivity index (χ3n) is 4.89. The van der Waals surface area contributed by atoms with Gasteiger partial charge in [-0.25, -0.2) is 13.2 Å². The van der Waals surface area contributed by atoms with Gasteiger partial charge < -0.3 is 20.3 Å². The van der Waals surface area contributed by atoms with Crippen LogP contribution in [-0.4, -0.2) is 44.3 Å². The maximum absolute atomic E-state index is 12.8. The van der Waals surface area contributed by atoms with Gasteiger partial charge in [-0.15, -0.1) is 0 Å². The van der Waals surface area contributed by atoms with E-state index in [-0.39, 0.29) is 15.5 Å². The predicted molar refractivity (Wildman–Crippen MR) is 124 cm³/mol. The summed E-state index contributed by atoms with van der Waals surface area (Å²) in [4.78, 5) is 10.8. The molecule has 1 unspecified atom stereocenters. The van der Waals surface area contributed by atoms with Gasteiger partial charge in [-0.2, -0.15) is 0 Å². The van der Waals surface area contributed by atoms with E-state index in [0.717, 1.165) is 11.1 Å². The zero-order valence-electron chi connectivity index (χ0n) is 17.6. The second-order valence-electron chi connectivity index (χ2n) is 7.33. The van der Waals surface area contributed by atoms with Gasteiger partial charge in [-0.05, 0) is 72.6 Å². The summed E-state index contributed by atoms with van der Waals surface area (Å²) in [7, 11) is -3.71. The molecular weight excluding hydrogens is 466 g/mol. The minimum Gasteiger partial charge on any atom is -0.482 e. The molecule has 0 fully saturated rings. The lowest BCUT2D eigenvalue weighted by atomic mass is 10.1. The summed E-state index contributed by atoms with van der Waals surface area (Å²) in [5, 5.41) is 22.6. The van der Waals surface area contributed by atoms with E-state index >= 15 is 0 Å². The number of hydrogen-bond acceptors (Lipinski definition) is 6. The zero-order valence-corrected chi connectivity index (χ0v) is 19.2. The van der Waals surface area contributed by atoms with Crippen molar-refractivity contribution in [3.63, 3.8) is 0 Å². The molecule has 0 aliphatic carbocycles. The zero-order chi connectivity index (χ0) is 23.8. The van der Waals surface area contributed by atoms with E-state index in [2.05, 4.69) is 5.32 Å². The first-order chi connectivity index (χ1) is 15.8. The molecule has 33 heavy (non-hydrogen) atoms. The van der Waals surface area contributed by atoms with Crippen LogP contribution >= 0.6 is 11.6 Å². The van der Waals surface area contributed by atoms with Crippen LogP contribution in [0.5, 0.6) is 5.75 Å². The van der Waals surface area contributed by atoms with Crippen molar-refractivity contribution in [3.8, 4) is 5.75 Å². The van der Waals surface area contributed by atoms with Gasteiger partial charge in [-0.3, -0.25) is 0 Å². The number of halogens is 1. The monoisotopic (exact) mass is 489 g/mol. The Kier molecular flexibility index (Phi) is 8.46. The molecule has 0 spiro atoms. The average Bonchev–Trinajstić information content (AvgIpc) is 2.81. The third kappa shape index (κ3) is 7.03. The summed E-state index contributed by atoms with van der Waals surface area (Å²) in [6.45, 7) is 0.489. The summed E-state index contributed by atoms with van der Waals surface area (Å²) in [5.74, 6) is -0.834. The Morgan fingerprint density at radius 2 is 1.64 bits per heavy atom. The highest BCUT2D eigenvalue weighted by Crippen LogP contribution is 2.23. The number of hydrogen-bond donors (Lipinski definition) is 3. The maximum Gasteiger partial charge on any atom is 0.341 e. The van der Waals surface area contributed by atoms with Gasteiger partial charge in [0.15, 0.2) is 6.61 Å². The van der Waals surface area contributed by atoms with Crippen LogP contribution in [0.3, 0.4) is 0 Å². The third-order valence-corrected chi connectivity index (χ3v) is 6.91. The van der Waals surface area contributed by atoms with Crippen LogP contribution in [0.15, 0.2) is 82.6 Å². The van der Waals surface area contributed by atoms with Crippen LogP contribution in [-0.2, 0) is 21.1 Å². The number of carboxylic acids is 1. The lowest BCUT2D eigenvalue weighted by Gasteiger charge is -2.13. The van der Waals surface area contributed by atoms with Gasteiger partial charge in [0.2, 0.25) is 9.84 Å². The van der Waals surface area contributed by atoms with Crippen molar-refractivity contribution in [1.82, 2.24) is 5.32 Å². The van der Waals surface area contributed by atoms with Crippen LogP contribution in [0.4, 0.5) is 0 Å². The number of carbonyl (C=O) groups is 1. The Bertz CT molecular complexity index is 1180. The van der Waals surface area contributed by atoms with E-state index < -0.39 is 28.5 Å². The highest BCUT2D eigenvalue weighted by Gasteiger charge is 2.17. The Labute approximate surface area is 197 Å². The number of aliphatic hydroxyl groups is 1. The minimum atomic E-state index is -3.71. The predicted octanol–water partition coefficient (Wildman–Crippen LogP) is 3.50. The van der Waals surface area contributed by atoms with Crippen molar-refractivity contribution in [3.05, 3.63) is 88.9 Å². The van der Waals surface area contributed by atoms with E-state index in [9.17, 15) is 18.3 Å². The van der Waals surface area contributed by atoms with Gasteiger partial charge in [0.1, 0.15) is 5.75 Å². The van der Waals surface area contributed by atoms with Gasteiger partial charge in [0.25, 0.3) is 0 Å². The van der Waals surface area contributed by atoms with Crippen LogP contribution in [0.1, 0.15) is 17.2 Å². The summed E-state index contributed by atoms with van der Waals surface area (Å²) >= 11 is 5.94. The first-order valence-corrected chi connectivity index (χ1v) is 12.0. The second kappa shape index (κ2) is 11.3. The molecule has 0 bridgehead atoms. The lowest BCUT2D eigenvalue weighted by molar-refractivity contribution is -0.139. The quantitative estimate of drug-likeness (QED) is 0.353. The van der Waals surface area contributed by atoms with E-state index in [4.69, 9.17) is 21.4 Å². The molecule has 3 aromatic rings. The normalized spacial score (nSPS) is 12.3. The fourth-order valence-corrected chi connectivity index (χ4v) is 4.59. The summed E-state index contributed by atoms with van der Waals surface area (Å²) in [6.07, 6.45) is -0.00443. The fraction of sp³-hybridized carbons (Fsp3) is 0.208. The highest BCUT2D eigenvalue weighted by atomic mass is 35.5. The Morgan fingerprint density at radius 3 is 2.24 bits per heavy atom. The molecule has 7 nitrogen and oxygen atoms in total. The minimum absolute atomic E-state index is 0.0922. The number of benzene rings is 3. The summed E-state index contributed by atoms with van der Waals surface area (Å²) in [5.41, 5.74) is 1.70. The molecule has 0 saturated heterocycles. The average molecular weight is 490 g/mol. The largest absolute Gasteiger partial charge is 0.482 e. The number of aliphatic carboxylic acids is 1. The van der Waals surface area contributed by atoms with Crippen LogP contribution in [0, 0.1) is 0 Å². The Balaban J connectivity index is 1.53. The molecule has 0 aromatic heterocycles. The number of sulfone groups is 1. The number of rotatable bonds is 11. The van der Waals surface area contributed by atoms with Gasteiger partial charge in [-0.1, -0.05) is 35.9 Å². The van der Waals surface area contributed by atoms with Crippen molar-refractivity contribution >= 4 is 27.4 Å². The molecule has 3 N–H and O–H groups in total. The number of nitrogens with one attached hydrogen (secondary N) is 1. The van der Waals surface area contributed by atoms with E-state index in [1.807, 2.05) is 6.07 Å². The van der Waals surface area contributed by atoms with Crippen LogP contribution in [0.2, 0.25) is 5.02 Å². The van der Waals surface area contributed by atoms with Crippen molar-refractivity contribution in [2.75, 3.05) is 19.7 Å². The van der Waals surface area contributed by atoms with Gasteiger partial charge in [0, 0.05) is 11.6 Å². The van der Waals surface area contributed by atoms with E-state index in [0.29, 0.717) is 24.5 Å². The Hall–Kier alpha value is -2.91. The molecule has 3 rings (SSSR count). The van der Waals surface area contributed by atoms with Gasteiger partial charge in [0.05, 0.1) is 15.9 Å². The molecule has 1 atom stereocenters. The summed E-state index contributed by atoms with van der Waals surface area (Å²) in [6, 6.07) is 19.3. The van der Waals surface area contributed by atoms with Crippen LogP contribution < -0.4 is 10.1 Å². The first-order valence-electron chi connectivity index (χ1n) is 10.2. The smallest absolute Gasteiger partial charge is 0.341 e. The molecular formula is C24H24ClNO6S. The molecule has 0 aliphatic rings. The molecule has 0 heterocycles. The molecule has 9 heteroatoms.